The van der Waals surface area contributed by atoms with Gasteiger partial charge in [0.25, 0.3) is 10.1 Å². The number of aryl methyl sites for hydroxylation is 1. The molecule has 3 fully saturated rings. The molecule has 2 bridgehead atoms. The molecule has 0 spiro atoms. The topological polar surface area (TPSA) is 116 Å². The second-order valence-electron chi connectivity index (χ2n) is 13.2. The van der Waals surface area contributed by atoms with Crippen molar-refractivity contribution in [2.45, 2.75) is 90.2 Å². The van der Waals surface area contributed by atoms with Gasteiger partial charge < -0.3 is 14.6 Å². The first kappa shape index (κ1) is 31.1. The minimum atomic E-state index is -4.41. The highest BCUT2D eigenvalue weighted by Gasteiger charge is 2.69. The van der Waals surface area contributed by atoms with Gasteiger partial charge in [-0.3, -0.25) is 8.98 Å². The van der Waals surface area contributed by atoms with Crippen molar-refractivity contribution in [3.05, 3.63) is 29.8 Å². The summed E-state index contributed by atoms with van der Waals surface area (Å²) in [7, 11) is -1.14. The molecular formula is C31H46O8S. The van der Waals surface area contributed by atoms with Crippen LogP contribution in [0.1, 0.15) is 71.8 Å². The SMILES string of the molecule is COCC[C@@]1(C)C[C@@H](C(OS(=O)(=O)c2ccc(C)cc2)C(=O)O)[C@@]2(C)[C@H](C)CC[C@]3(CC[C@@H](OC)[C@@H]32)[C@@H](C)C1=O. The van der Waals surface area contributed by atoms with E-state index >= 15 is 0 Å². The molecule has 0 aromatic heterocycles. The zero-order valence-corrected chi connectivity index (χ0v) is 25.8. The van der Waals surface area contributed by atoms with Gasteiger partial charge in [-0.25, -0.2) is 4.79 Å². The minimum Gasteiger partial charge on any atom is -0.479 e. The van der Waals surface area contributed by atoms with Gasteiger partial charge in [-0.1, -0.05) is 45.4 Å². The Balaban J connectivity index is 1.92. The Morgan fingerprint density at radius 1 is 1.10 bits per heavy atom. The maximum absolute atomic E-state index is 14.4. The molecule has 0 heterocycles. The number of hydrogen-bond donors (Lipinski definition) is 1. The Morgan fingerprint density at radius 3 is 2.30 bits per heavy atom. The Kier molecular flexibility index (Phi) is 8.65. The average Bonchev–Trinajstić information content (AvgIpc) is 3.31. The highest BCUT2D eigenvalue weighted by Crippen LogP contribution is 2.70. The third-order valence-electron chi connectivity index (χ3n) is 11.3. The first-order chi connectivity index (χ1) is 18.7. The van der Waals surface area contributed by atoms with Gasteiger partial charge in [0.15, 0.2) is 6.10 Å². The number of carboxylic acid groups (broad SMARTS) is 1. The number of Topliss-reactive ketones (excluding diaryl/α,β-unsaturated/α-hetero) is 1. The van der Waals surface area contributed by atoms with Crippen LogP contribution in [0.15, 0.2) is 29.2 Å². The van der Waals surface area contributed by atoms with Crippen LogP contribution in [0.5, 0.6) is 0 Å². The van der Waals surface area contributed by atoms with Gasteiger partial charge in [-0.15, -0.1) is 0 Å². The second kappa shape index (κ2) is 11.1. The van der Waals surface area contributed by atoms with E-state index in [9.17, 15) is 23.1 Å². The fourth-order valence-electron chi connectivity index (χ4n) is 8.81. The third kappa shape index (κ3) is 4.95. The number of benzene rings is 1. The van der Waals surface area contributed by atoms with E-state index in [4.69, 9.17) is 13.7 Å². The van der Waals surface area contributed by atoms with Crippen LogP contribution in [-0.4, -0.2) is 58.3 Å². The molecule has 0 saturated heterocycles. The molecule has 9 atom stereocenters. The molecular weight excluding hydrogens is 532 g/mol. The largest absolute Gasteiger partial charge is 0.479 e. The van der Waals surface area contributed by atoms with Crippen molar-refractivity contribution in [3.63, 3.8) is 0 Å². The van der Waals surface area contributed by atoms with E-state index in [1.165, 1.54) is 12.1 Å². The molecule has 1 N–H and O–H groups in total. The fraction of sp³-hybridized carbons (Fsp3) is 0.742. The predicted molar refractivity (Wildman–Crippen MR) is 150 cm³/mol. The molecule has 3 aliphatic carbocycles. The van der Waals surface area contributed by atoms with Crippen LogP contribution in [0.25, 0.3) is 0 Å². The van der Waals surface area contributed by atoms with Crippen LogP contribution in [0.3, 0.4) is 0 Å². The summed E-state index contributed by atoms with van der Waals surface area (Å²) in [6, 6.07) is 6.18. The standard InChI is InChI=1S/C31H46O8S/c1-19-8-10-22(11-9-19)40(35,36)39-25(28(33)34)23-18-29(4,16-17-37-6)27(32)21(3)31-14-12-20(2)30(23,5)26(31)24(38-7)13-15-31/h8-11,20-21,23-26H,12-18H2,1-7H3,(H,33,34)/t20-,21+,23+,24-,25?,26-,29+,30-,31+/m1/s1. The van der Waals surface area contributed by atoms with Gasteiger partial charge in [-0.2, -0.15) is 8.42 Å². The number of carbonyl (C=O) groups is 2. The monoisotopic (exact) mass is 578 g/mol. The molecule has 1 unspecified atom stereocenters. The highest BCUT2D eigenvalue weighted by atomic mass is 32.2. The van der Waals surface area contributed by atoms with Gasteiger partial charge in [0.05, 0.1) is 11.0 Å². The van der Waals surface area contributed by atoms with Crippen molar-refractivity contribution in [1.82, 2.24) is 0 Å². The summed E-state index contributed by atoms with van der Waals surface area (Å²) < 4.78 is 44.2. The molecule has 0 aliphatic heterocycles. The first-order valence-electron chi connectivity index (χ1n) is 14.5. The lowest BCUT2D eigenvalue weighted by atomic mass is 9.41. The summed E-state index contributed by atoms with van der Waals surface area (Å²) in [5, 5.41) is 10.6. The maximum atomic E-state index is 14.4. The Hall–Kier alpha value is -1.81. The van der Waals surface area contributed by atoms with E-state index in [0.717, 1.165) is 31.2 Å². The van der Waals surface area contributed by atoms with Crippen LogP contribution in [0.4, 0.5) is 0 Å². The van der Waals surface area contributed by atoms with Gasteiger partial charge in [0, 0.05) is 38.1 Å². The van der Waals surface area contributed by atoms with Crippen molar-refractivity contribution in [3.8, 4) is 0 Å². The number of carboxylic acids is 1. The molecule has 1 aromatic carbocycles. The molecule has 3 aliphatic rings. The lowest BCUT2D eigenvalue weighted by Gasteiger charge is -2.63. The van der Waals surface area contributed by atoms with Gasteiger partial charge in [-0.05, 0) is 80.2 Å². The van der Waals surface area contributed by atoms with E-state index in [1.807, 2.05) is 20.8 Å². The molecule has 3 saturated carbocycles. The number of ether oxygens (including phenoxy) is 2. The zero-order chi connectivity index (χ0) is 29.7. The number of carbonyl (C=O) groups excluding carboxylic acids is 1. The molecule has 1 aromatic rings. The first-order valence-corrected chi connectivity index (χ1v) is 15.9. The van der Waals surface area contributed by atoms with Crippen LogP contribution in [0, 0.1) is 46.8 Å². The number of hydrogen-bond acceptors (Lipinski definition) is 7. The third-order valence-corrected chi connectivity index (χ3v) is 12.6. The van der Waals surface area contributed by atoms with Gasteiger partial charge >= 0.3 is 5.97 Å². The van der Waals surface area contributed by atoms with Gasteiger partial charge in [0.1, 0.15) is 5.78 Å². The summed E-state index contributed by atoms with van der Waals surface area (Å²) >= 11 is 0. The summed E-state index contributed by atoms with van der Waals surface area (Å²) in [6.45, 7) is 10.4. The van der Waals surface area contributed by atoms with Crippen molar-refractivity contribution in [2.75, 3.05) is 20.8 Å². The maximum Gasteiger partial charge on any atom is 0.334 e. The second-order valence-corrected chi connectivity index (χ2v) is 14.7. The average molecular weight is 579 g/mol. The smallest absolute Gasteiger partial charge is 0.334 e. The lowest BCUT2D eigenvalue weighted by Crippen LogP contribution is -2.63. The molecule has 9 heteroatoms. The number of rotatable bonds is 9. The van der Waals surface area contributed by atoms with Crippen molar-refractivity contribution in [2.24, 2.45) is 39.9 Å². The normalized spacial score (nSPS) is 38.8. The molecule has 40 heavy (non-hydrogen) atoms. The van der Waals surface area contributed by atoms with E-state index < -0.39 is 38.9 Å². The summed E-state index contributed by atoms with van der Waals surface area (Å²) in [5.74, 6) is -2.30. The fourth-order valence-corrected chi connectivity index (χ4v) is 9.88. The quantitative estimate of drug-likeness (QED) is 0.394. The lowest BCUT2D eigenvalue weighted by molar-refractivity contribution is -0.194. The van der Waals surface area contributed by atoms with E-state index in [1.54, 1.807) is 26.4 Å². The number of aliphatic carboxylic acids is 1. The van der Waals surface area contributed by atoms with Crippen molar-refractivity contribution < 1.29 is 36.8 Å². The van der Waals surface area contributed by atoms with Crippen LogP contribution in [-0.2, 0) is 33.4 Å². The molecule has 4 rings (SSSR count). The number of methoxy groups -OCH3 is 2. The summed E-state index contributed by atoms with van der Waals surface area (Å²) in [5.41, 5.74) is -1.05. The van der Waals surface area contributed by atoms with Crippen molar-refractivity contribution >= 4 is 21.9 Å². The molecule has 8 nitrogen and oxygen atoms in total. The highest BCUT2D eigenvalue weighted by molar-refractivity contribution is 7.86. The molecule has 0 amide bonds. The Labute approximate surface area is 239 Å². The van der Waals surface area contributed by atoms with Gasteiger partial charge in [0.2, 0.25) is 0 Å². The Bertz CT molecular complexity index is 1210. The summed E-state index contributed by atoms with van der Waals surface area (Å²) in [4.78, 5) is 27.4. The van der Waals surface area contributed by atoms with E-state index in [2.05, 4.69) is 13.8 Å². The van der Waals surface area contributed by atoms with E-state index in [-0.39, 0.29) is 46.4 Å². The van der Waals surface area contributed by atoms with Crippen LogP contribution < -0.4 is 0 Å². The van der Waals surface area contributed by atoms with Crippen molar-refractivity contribution in [1.29, 1.82) is 0 Å². The molecule has 0 radical (unpaired) electrons. The van der Waals surface area contributed by atoms with E-state index in [0.29, 0.717) is 13.0 Å². The number of ketones is 1. The Morgan fingerprint density at radius 2 is 1.73 bits per heavy atom. The van der Waals surface area contributed by atoms with Crippen LogP contribution in [0.2, 0.25) is 0 Å². The minimum absolute atomic E-state index is 0.0611. The molecule has 224 valence electrons. The zero-order valence-electron chi connectivity index (χ0n) is 24.9. The predicted octanol–water partition coefficient (Wildman–Crippen LogP) is 5.27. The van der Waals surface area contributed by atoms with Crippen LogP contribution >= 0.6 is 0 Å². The summed E-state index contributed by atoms with van der Waals surface area (Å²) in [6.07, 6.45) is 2.05.